The molecule has 0 aliphatic heterocycles. The number of hydrogen-bond donors (Lipinski definition) is 1. The molecule has 0 bridgehead atoms. The number of H-pyrrole nitrogens is 1. The van der Waals surface area contributed by atoms with Crippen molar-refractivity contribution >= 4 is 16.7 Å². The Kier molecular flexibility index (Phi) is 7.46. The second-order valence-electron chi connectivity index (χ2n) is 7.24. The number of ether oxygens (including phenoxy) is 3. The normalized spacial score (nSPS) is 11.1. The molecule has 0 aliphatic rings. The van der Waals surface area contributed by atoms with Crippen molar-refractivity contribution in [1.29, 1.82) is 0 Å². The summed E-state index contributed by atoms with van der Waals surface area (Å²) in [5, 5.41) is 0.840. The van der Waals surface area contributed by atoms with Gasteiger partial charge in [-0.05, 0) is 31.0 Å². The molecule has 0 aliphatic carbocycles. The number of Topliss-reactive ketones (excluding diaryl/α,β-unsaturated/α-hetero) is 1. The summed E-state index contributed by atoms with van der Waals surface area (Å²) in [5.74, 6) is 0.670. The van der Waals surface area contributed by atoms with Crippen LogP contribution in [0.15, 0.2) is 36.5 Å². The molecule has 0 atom stereocenters. The fraction of sp³-hybridized carbons (Fsp3) is 0.375. The predicted octanol–water partition coefficient (Wildman–Crippen LogP) is 5.24. The van der Waals surface area contributed by atoms with Gasteiger partial charge in [-0.3, -0.25) is 4.79 Å². The third kappa shape index (κ3) is 5.19. The van der Waals surface area contributed by atoms with E-state index in [1.165, 1.54) is 12.1 Å². The number of benzene rings is 2. The summed E-state index contributed by atoms with van der Waals surface area (Å²) in [6.07, 6.45) is 3.88. The summed E-state index contributed by atoms with van der Waals surface area (Å²) in [7, 11) is 1.62. The molecular formula is C24H28FNO4. The number of aromatic nitrogens is 1. The number of nitrogens with one attached hydrogen (secondary N) is 1. The van der Waals surface area contributed by atoms with E-state index in [4.69, 9.17) is 14.2 Å². The van der Waals surface area contributed by atoms with Crippen LogP contribution in [0.4, 0.5) is 4.39 Å². The molecule has 30 heavy (non-hydrogen) atoms. The molecular weight excluding hydrogens is 385 g/mol. The van der Waals surface area contributed by atoms with E-state index in [0.29, 0.717) is 36.7 Å². The van der Waals surface area contributed by atoms with E-state index >= 15 is 0 Å². The number of carbonyl (C=O) groups is 1. The van der Waals surface area contributed by atoms with E-state index in [1.807, 2.05) is 19.1 Å². The monoisotopic (exact) mass is 413 g/mol. The van der Waals surface area contributed by atoms with E-state index in [1.54, 1.807) is 19.4 Å². The lowest BCUT2D eigenvalue weighted by atomic mass is 10.0. The number of ketones is 1. The van der Waals surface area contributed by atoms with Crippen LogP contribution < -0.4 is 9.47 Å². The van der Waals surface area contributed by atoms with Gasteiger partial charge in [0.1, 0.15) is 23.9 Å². The molecule has 0 spiro atoms. The van der Waals surface area contributed by atoms with Crippen LogP contribution >= 0.6 is 0 Å². The number of aromatic amines is 1. The number of aryl methyl sites for hydroxylation is 1. The highest BCUT2D eigenvalue weighted by atomic mass is 19.1. The molecule has 3 aromatic rings. The van der Waals surface area contributed by atoms with Gasteiger partial charge in [0.05, 0.1) is 13.7 Å². The van der Waals surface area contributed by atoms with Crippen molar-refractivity contribution < 1.29 is 23.4 Å². The Labute approximate surface area is 176 Å². The lowest BCUT2D eigenvalue weighted by Crippen LogP contribution is -2.10. The van der Waals surface area contributed by atoms with Crippen molar-refractivity contribution in [1.82, 2.24) is 4.98 Å². The van der Waals surface area contributed by atoms with Crippen molar-refractivity contribution in [3.05, 3.63) is 59.0 Å². The summed E-state index contributed by atoms with van der Waals surface area (Å²) in [5.41, 5.74) is 3.02. The van der Waals surface area contributed by atoms with Crippen molar-refractivity contribution in [3.8, 4) is 11.5 Å². The standard InChI is InChI=1S/C24H28FNO4/c1-4-5-8-29-9-10-30-24-13-18(25)7-6-17(24)12-22(27)20-15-26-21-14-23(28-3)16(2)11-19(20)21/h6-7,11,13-15,26H,4-5,8-10,12H2,1-3H3. The Morgan fingerprint density at radius 2 is 1.93 bits per heavy atom. The molecule has 0 radical (unpaired) electrons. The molecule has 0 saturated carbocycles. The van der Waals surface area contributed by atoms with Gasteiger partial charge in [-0.15, -0.1) is 0 Å². The first kappa shape index (κ1) is 21.8. The number of hydrogen-bond acceptors (Lipinski definition) is 4. The Bertz CT molecular complexity index is 1010. The van der Waals surface area contributed by atoms with Crippen LogP contribution in [0.3, 0.4) is 0 Å². The van der Waals surface area contributed by atoms with Gasteiger partial charge >= 0.3 is 0 Å². The Hall–Kier alpha value is -2.86. The molecule has 1 heterocycles. The van der Waals surface area contributed by atoms with Crippen LogP contribution in [0, 0.1) is 12.7 Å². The van der Waals surface area contributed by atoms with Gasteiger partial charge in [0.25, 0.3) is 0 Å². The summed E-state index contributed by atoms with van der Waals surface area (Å²) in [6.45, 7) is 5.45. The SMILES string of the molecule is CCCCOCCOc1cc(F)ccc1CC(=O)c1c[nH]c2cc(OC)c(C)cc12. The third-order valence-corrected chi connectivity index (χ3v) is 5.01. The van der Waals surface area contributed by atoms with Crippen LogP contribution in [-0.2, 0) is 11.2 Å². The minimum absolute atomic E-state index is 0.0681. The molecule has 0 fully saturated rings. The molecule has 0 amide bonds. The number of fused-ring (bicyclic) bond motifs is 1. The van der Waals surface area contributed by atoms with Crippen LogP contribution in [0.2, 0.25) is 0 Å². The fourth-order valence-corrected chi connectivity index (χ4v) is 3.34. The third-order valence-electron chi connectivity index (χ3n) is 5.01. The zero-order valence-corrected chi connectivity index (χ0v) is 17.7. The minimum Gasteiger partial charge on any atom is -0.496 e. The van der Waals surface area contributed by atoms with E-state index in [9.17, 15) is 9.18 Å². The van der Waals surface area contributed by atoms with Gasteiger partial charge in [0.15, 0.2) is 5.78 Å². The first-order valence-electron chi connectivity index (χ1n) is 10.2. The highest BCUT2D eigenvalue weighted by Gasteiger charge is 2.17. The van der Waals surface area contributed by atoms with Crippen molar-refractivity contribution in [2.75, 3.05) is 26.9 Å². The predicted molar refractivity (Wildman–Crippen MR) is 115 cm³/mol. The maximum atomic E-state index is 13.7. The number of rotatable bonds is 11. The second kappa shape index (κ2) is 10.3. The molecule has 2 aromatic carbocycles. The zero-order valence-electron chi connectivity index (χ0n) is 17.7. The van der Waals surface area contributed by atoms with Gasteiger partial charge in [0.2, 0.25) is 0 Å². The molecule has 1 N–H and O–H groups in total. The highest BCUT2D eigenvalue weighted by molar-refractivity contribution is 6.09. The molecule has 6 heteroatoms. The summed E-state index contributed by atoms with van der Waals surface area (Å²) in [4.78, 5) is 16.1. The van der Waals surface area contributed by atoms with Gasteiger partial charge in [-0.2, -0.15) is 0 Å². The van der Waals surface area contributed by atoms with E-state index in [-0.39, 0.29) is 12.2 Å². The fourth-order valence-electron chi connectivity index (χ4n) is 3.34. The van der Waals surface area contributed by atoms with Crippen LogP contribution in [0.1, 0.15) is 41.3 Å². The zero-order chi connectivity index (χ0) is 21.5. The van der Waals surface area contributed by atoms with Crippen LogP contribution in [0.25, 0.3) is 10.9 Å². The van der Waals surface area contributed by atoms with Crippen molar-refractivity contribution in [3.63, 3.8) is 0 Å². The largest absolute Gasteiger partial charge is 0.496 e. The lowest BCUT2D eigenvalue weighted by molar-refractivity contribution is 0.0963. The van der Waals surface area contributed by atoms with Gasteiger partial charge in [-0.1, -0.05) is 19.4 Å². The van der Waals surface area contributed by atoms with Gasteiger partial charge in [-0.25, -0.2) is 4.39 Å². The Morgan fingerprint density at radius 3 is 2.70 bits per heavy atom. The minimum atomic E-state index is -0.400. The van der Waals surface area contributed by atoms with Crippen molar-refractivity contribution in [2.24, 2.45) is 0 Å². The number of methoxy groups -OCH3 is 1. The number of halogens is 1. The average molecular weight is 413 g/mol. The highest BCUT2D eigenvalue weighted by Crippen LogP contribution is 2.29. The molecule has 5 nitrogen and oxygen atoms in total. The lowest BCUT2D eigenvalue weighted by Gasteiger charge is -2.12. The summed E-state index contributed by atoms with van der Waals surface area (Å²) < 4.78 is 30.3. The van der Waals surface area contributed by atoms with E-state index in [2.05, 4.69) is 11.9 Å². The molecule has 0 saturated heterocycles. The number of carbonyl (C=O) groups excluding carboxylic acids is 1. The maximum absolute atomic E-state index is 13.7. The Balaban J connectivity index is 1.73. The smallest absolute Gasteiger partial charge is 0.169 e. The molecule has 1 aromatic heterocycles. The number of unbranched alkanes of at least 4 members (excludes halogenated alkanes) is 1. The molecule has 160 valence electrons. The van der Waals surface area contributed by atoms with Gasteiger partial charge in [0, 0.05) is 53.4 Å². The van der Waals surface area contributed by atoms with Crippen LogP contribution in [-0.4, -0.2) is 37.7 Å². The first-order chi connectivity index (χ1) is 14.5. The Morgan fingerprint density at radius 1 is 1.10 bits per heavy atom. The topological polar surface area (TPSA) is 60.5 Å². The van der Waals surface area contributed by atoms with E-state index in [0.717, 1.165) is 35.1 Å². The molecule has 3 rings (SSSR count). The average Bonchev–Trinajstić information content (AvgIpc) is 3.14. The van der Waals surface area contributed by atoms with Gasteiger partial charge < -0.3 is 19.2 Å². The quantitative estimate of drug-likeness (QED) is 0.345. The summed E-state index contributed by atoms with van der Waals surface area (Å²) >= 11 is 0. The van der Waals surface area contributed by atoms with Crippen LogP contribution in [0.5, 0.6) is 11.5 Å². The first-order valence-corrected chi connectivity index (χ1v) is 10.2. The van der Waals surface area contributed by atoms with Crippen molar-refractivity contribution in [2.45, 2.75) is 33.1 Å². The second-order valence-corrected chi connectivity index (χ2v) is 7.24. The van der Waals surface area contributed by atoms with E-state index < -0.39 is 5.82 Å². The summed E-state index contributed by atoms with van der Waals surface area (Å²) in [6, 6.07) is 8.08. The maximum Gasteiger partial charge on any atom is 0.169 e. The molecule has 0 unspecified atom stereocenters.